The molecule has 0 amide bonds. The van der Waals surface area contributed by atoms with Crippen LogP contribution in [0, 0.1) is 0 Å². The van der Waals surface area contributed by atoms with Crippen LogP contribution in [0.2, 0.25) is 0 Å². The molecule has 0 saturated heterocycles. The summed E-state index contributed by atoms with van der Waals surface area (Å²) >= 11 is 0. The summed E-state index contributed by atoms with van der Waals surface area (Å²) in [5.41, 5.74) is 1.07. The Balaban J connectivity index is 2.05. The first-order valence-corrected chi connectivity index (χ1v) is 6.71. The van der Waals surface area contributed by atoms with E-state index in [9.17, 15) is 0 Å². The van der Waals surface area contributed by atoms with Crippen molar-refractivity contribution in [3.8, 4) is 5.88 Å². The fourth-order valence-corrected chi connectivity index (χ4v) is 1.84. The largest absolute Gasteiger partial charge is 0.480 e. The maximum absolute atomic E-state index is 4.98. The van der Waals surface area contributed by atoms with Crippen molar-refractivity contribution in [2.45, 2.75) is 58.3 Å². The lowest BCUT2D eigenvalue weighted by Crippen LogP contribution is -1.94. The molecule has 0 unspecified atom stereocenters. The van der Waals surface area contributed by atoms with Crippen LogP contribution in [0.25, 0.3) is 0 Å². The van der Waals surface area contributed by atoms with E-state index in [1.165, 1.54) is 44.9 Å². The van der Waals surface area contributed by atoms with Gasteiger partial charge in [-0.15, -0.1) is 0 Å². The number of nitrogens with zero attached hydrogens (tertiary/aromatic N) is 2. The molecule has 0 aliphatic heterocycles. The van der Waals surface area contributed by atoms with Crippen molar-refractivity contribution in [2.24, 2.45) is 0 Å². The van der Waals surface area contributed by atoms with Crippen LogP contribution in [-0.4, -0.2) is 17.1 Å². The van der Waals surface area contributed by atoms with Crippen LogP contribution in [0.4, 0.5) is 0 Å². The minimum atomic E-state index is 0.591. The van der Waals surface area contributed by atoms with Gasteiger partial charge < -0.3 is 4.74 Å². The minimum absolute atomic E-state index is 0.591. The van der Waals surface area contributed by atoms with Gasteiger partial charge in [-0.2, -0.15) is 0 Å². The smallest absolute Gasteiger partial charge is 0.231 e. The van der Waals surface area contributed by atoms with Gasteiger partial charge in [0, 0.05) is 0 Å². The van der Waals surface area contributed by atoms with E-state index in [4.69, 9.17) is 4.74 Å². The normalized spacial score (nSPS) is 10.5. The number of hydrogen-bond donors (Lipinski definition) is 0. The first kappa shape index (κ1) is 13.9. The van der Waals surface area contributed by atoms with Crippen molar-refractivity contribution in [2.75, 3.05) is 7.11 Å². The maximum Gasteiger partial charge on any atom is 0.231 e. The third-order valence-corrected chi connectivity index (χ3v) is 2.93. The molecule has 96 valence electrons. The highest BCUT2D eigenvalue weighted by molar-refractivity contribution is 5.06. The quantitative estimate of drug-likeness (QED) is 0.612. The summed E-state index contributed by atoms with van der Waals surface area (Å²) in [6, 6.07) is 0. The molecule has 0 saturated carbocycles. The van der Waals surface area contributed by atoms with E-state index in [-0.39, 0.29) is 0 Å². The molecule has 0 atom stereocenters. The summed E-state index contributed by atoms with van der Waals surface area (Å²) in [6.07, 6.45) is 13.9. The van der Waals surface area contributed by atoms with Crippen molar-refractivity contribution in [1.29, 1.82) is 0 Å². The molecule has 0 aromatic carbocycles. The summed E-state index contributed by atoms with van der Waals surface area (Å²) in [5, 5.41) is 0. The molecular formula is C14H24N2O. The topological polar surface area (TPSA) is 35.0 Å². The van der Waals surface area contributed by atoms with Crippen molar-refractivity contribution in [1.82, 2.24) is 9.97 Å². The molecule has 1 heterocycles. The molecule has 1 aromatic heterocycles. The van der Waals surface area contributed by atoms with Gasteiger partial charge in [0.05, 0.1) is 25.2 Å². The molecule has 0 spiro atoms. The van der Waals surface area contributed by atoms with Crippen LogP contribution >= 0.6 is 0 Å². The zero-order chi connectivity index (χ0) is 12.3. The van der Waals surface area contributed by atoms with Gasteiger partial charge in [-0.05, 0) is 12.8 Å². The Bertz CT molecular complexity index is 285. The molecule has 3 heteroatoms. The third kappa shape index (κ3) is 6.25. The van der Waals surface area contributed by atoms with E-state index in [0.717, 1.165) is 12.1 Å². The fraction of sp³-hybridized carbons (Fsp3) is 0.714. The zero-order valence-electron chi connectivity index (χ0n) is 11.1. The van der Waals surface area contributed by atoms with Crippen LogP contribution < -0.4 is 4.74 Å². The summed E-state index contributed by atoms with van der Waals surface area (Å²) in [7, 11) is 1.61. The lowest BCUT2D eigenvalue weighted by Gasteiger charge is -2.02. The predicted molar refractivity (Wildman–Crippen MR) is 70.3 cm³/mol. The Hall–Kier alpha value is -1.12. The molecule has 0 aliphatic rings. The highest BCUT2D eigenvalue weighted by atomic mass is 16.5. The zero-order valence-corrected chi connectivity index (χ0v) is 11.1. The number of rotatable bonds is 9. The van der Waals surface area contributed by atoms with Crippen molar-refractivity contribution < 1.29 is 4.74 Å². The highest BCUT2D eigenvalue weighted by Gasteiger charge is 1.97. The Morgan fingerprint density at radius 2 is 1.65 bits per heavy atom. The van der Waals surface area contributed by atoms with E-state index in [1.54, 1.807) is 13.3 Å². The minimum Gasteiger partial charge on any atom is -0.480 e. The van der Waals surface area contributed by atoms with Gasteiger partial charge in [0.25, 0.3) is 0 Å². The number of aromatic nitrogens is 2. The van der Waals surface area contributed by atoms with E-state index >= 15 is 0 Å². The molecule has 17 heavy (non-hydrogen) atoms. The van der Waals surface area contributed by atoms with Gasteiger partial charge in [-0.3, -0.25) is 4.98 Å². The molecule has 0 fully saturated rings. The summed E-state index contributed by atoms with van der Waals surface area (Å²) in [5.74, 6) is 0.591. The molecular weight excluding hydrogens is 212 g/mol. The van der Waals surface area contributed by atoms with E-state index < -0.39 is 0 Å². The second-order valence-electron chi connectivity index (χ2n) is 4.42. The van der Waals surface area contributed by atoms with Crippen molar-refractivity contribution >= 4 is 0 Å². The van der Waals surface area contributed by atoms with E-state index in [0.29, 0.717) is 5.88 Å². The van der Waals surface area contributed by atoms with Gasteiger partial charge in [-0.1, -0.05) is 45.4 Å². The number of hydrogen-bond acceptors (Lipinski definition) is 3. The standard InChI is InChI=1S/C14H24N2O/c1-3-4-5-6-7-8-9-10-13-11-16-14(17-2)12-15-13/h11-12H,3-10H2,1-2H3. The first-order valence-electron chi connectivity index (χ1n) is 6.71. The van der Waals surface area contributed by atoms with Gasteiger partial charge in [-0.25, -0.2) is 4.98 Å². The van der Waals surface area contributed by atoms with Gasteiger partial charge in [0.2, 0.25) is 5.88 Å². The molecule has 0 radical (unpaired) electrons. The van der Waals surface area contributed by atoms with Gasteiger partial charge in [0.1, 0.15) is 0 Å². The molecule has 0 N–H and O–H groups in total. The SMILES string of the molecule is CCCCCCCCCc1cnc(OC)cn1. The lowest BCUT2D eigenvalue weighted by atomic mass is 10.1. The number of aryl methyl sites for hydroxylation is 1. The Morgan fingerprint density at radius 1 is 0.941 bits per heavy atom. The molecule has 0 bridgehead atoms. The summed E-state index contributed by atoms with van der Waals surface area (Å²) in [6.45, 7) is 2.25. The average molecular weight is 236 g/mol. The average Bonchev–Trinajstić information content (AvgIpc) is 2.38. The lowest BCUT2D eigenvalue weighted by molar-refractivity contribution is 0.395. The molecule has 0 aliphatic carbocycles. The van der Waals surface area contributed by atoms with Crippen molar-refractivity contribution in [3.63, 3.8) is 0 Å². The predicted octanol–water partition coefficient (Wildman–Crippen LogP) is 3.78. The van der Waals surface area contributed by atoms with Crippen LogP contribution in [0.1, 0.15) is 57.6 Å². The Morgan fingerprint density at radius 3 is 2.24 bits per heavy atom. The summed E-state index contributed by atoms with van der Waals surface area (Å²) in [4.78, 5) is 8.46. The van der Waals surface area contributed by atoms with Crippen LogP contribution in [0.3, 0.4) is 0 Å². The monoisotopic (exact) mass is 236 g/mol. The van der Waals surface area contributed by atoms with Gasteiger partial charge in [0.15, 0.2) is 0 Å². The van der Waals surface area contributed by atoms with Crippen LogP contribution in [-0.2, 0) is 6.42 Å². The van der Waals surface area contributed by atoms with E-state index in [2.05, 4.69) is 16.9 Å². The fourth-order valence-electron chi connectivity index (χ4n) is 1.84. The number of methoxy groups -OCH3 is 1. The maximum atomic E-state index is 4.98. The van der Waals surface area contributed by atoms with E-state index in [1.807, 2.05) is 6.20 Å². The Kier molecular flexibility index (Phi) is 7.35. The molecule has 3 nitrogen and oxygen atoms in total. The molecule has 1 aromatic rings. The highest BCUT2D eigenvalue weighted by Crippen LogP contribution is 2.10. The third-order valence-electron chi connectivity index (χ3n) is 2.93. The number of unbranched alkanes of at least 4 members (excludes halogenated alkanes) is 6. The van der Waals surface area contributed by atoms with Crippen LogP contribution in [0.5, 0.6) is 5.88 Å². The molecule has 1 rings (SSSR count). The van der Waals surface area contributed by atoms with Crippen molar-refractivity contribution in [3.05, 3.63) is 18.1 Å². The second-order valence-corrected chi connectivity index (χ2v) is 4.42. The summed E-state index contributed by atoms with van der Waals surface area (Å²) < 4.78 is 4.98. The second kappa shape index (κ2) is 8.97. The van der Waals surface area contributed by atoms with Gasteiger partial charge >= 0.3 is 0 Å². The first-order chi connectivity index (χ1) is 8.36. The Labute approximate surface area is 105 Å². The number of ether oxygens (including phenoxy) is 1. The van der Waals surface area contributed by atoms with Crippen LogP contribution in [0.15, 0.2) is 12.4 Å².